The minimum atomic E-state index is -4.69. The van der Waals surface area contributed by atoms with Gasteiger partial charge in [-0.05, 0) is 41.0 Å². The number of hydrogen-bond donors (Lipinski definition) is 1. The van der Waals surface area contributed by atoms with Crippen molar-refractivity contribution in [3.05, 3.63) is 70.8 Å². The first-order chi connectivity index (χ1) is 13.4. The van der Waals surface area contributed by atoms with Crippen LogP contribution in [0.3, 0.4) is 0 Å². The molecule has 6 heteroatoms. The Labute approximate surface area is 173 Å². The van der Waals surface area contributed by atoms with E-state index in [2.05, 4.69) is 0 Å². The third kappa shape index (κ3) is 3.57. The highest BCUT2D eigenvalue weighted by Gasteiger charge is 2.74. The van der Waals surface area contributed by atoms with Gasteiger partial charge in [-0.15, -0.1) is 0 Å². The second kappa shape index (κ2) is 7.21. The van der Waals surface area contributed by atoms with Gasteiger partial charge in [-0.1, -0.05) is 80.1 Å². The average molecular weight is 423 g/mol. The lowest BCUT2D eigenvalue weighted by molar-refractivity contribution is -0.145. The number of alkyl halides is 3. The number of rotatable bonds is 5. The number of carboxylic acids is 1. The summed E-state index contributed by atoms with van der Waals surface area (Å²) in [6, 6.07) is 15.3. The van der Waals surface area contributed by atoms with Crippen molar-refractivity contribution in [3.63, 3.8) is 0 Å². The Kier molecular flexibility index (Phi) is 5.33. The normalized spacial score (nSPS) is 23.7. The molecule has 1 aliphatic carbocycles. The quantitative estimate of drug-likeness (QED) is 0.588. The van der Waals surface area contributed by atoms with Crippen molar-refractivity contribution in [2.45, 2.75) is 33.4 Å². The molecule has 1 saturated carbocycles. The molecule has 0 aliphatic heterocycles. The summed E-state index contributed by atoms with van der Waals surface area (Å²) in [5.74, 6) is -1.93. The van der Waals surface area contributed by atoms with Crippen LogP contribution in [0, 0.1) is 23.7 Å². The Morgan fingerprint density at radius 2 is 1.76 bits per heavy atom. The van der Waals surface area contributed by atoms with Crippen LogP contribution in [0.1, 0.15) is 25.0 Å². The molecular formula is C23H22ClF3O2. The van der Waals surface area contributed by atoms with E-state index in [0.717, 1.165) is 28.3 Å². The lowest BCUT2D eigenvalue weighted by Crippen LogP contribution is -2.25. The zero-order valence-electron chi connectivity index (χ0n) is 16.3. The molecule has 2 atom stereocenters. The van der Waals surface area contributed by atoms with Crippen LogP contribution >= 0.6 is 11.6 Å². The topological polar surface area (TPSA) is 37.3 Å². The summed E-state index contributed by atoms with van der Waals surface area (Å²) >= 11 is 5.43. The van der Waals surface area contributed by atoms with E-state index in [1.54, 1.807) is 13.8 Å². The predicted molar refractivity (Wildman–Crippen MR) is 108 cm³/mol. The number of benzene rings is 2. The summed E-state index contributed by atoms with van der Waals surface area (Å²) in [7, 11) is 0. The maximum atomic E-state index is 12.9. The third-order valence-corrected chi connectivity index (χ3v) is 6.68. The van der Waals surface area contributed by atoms with Gasteiger partial charge in [0.25, 0.3) is 0 Å². The molecule has 2 aromatic rings. The van der Waals surface area contributed by atoms with Crippen molar-refractivity contribution in [1.29, 1.82) is 0 Å². The van der Waals surface area contributed by atoms with Crippen LogP contribution in [0.25, 0.3) is 11.1 Å². The van der Waals surface area contributed by atoms with Gasteiger partial charge in [0, 0.05) is 5.92 Å². The summed E-state index contributed by atoms with van der Waals surface area (Å²) in [5, 5.41) is 8.74. The first kappa shape index (κ1) is 21.4. The van der Waals surface area contributed by atoms with Crippen LogP contribution in [-0.2, 0) is 11.2 Å². The fourth-order valence-corrected chi connectivity index (χ4v) is 4.54. The average Bonchev–Trinajstić information content (AvgIpc) is 3.11. The lowest BCUT2D eigenvalue weighted by Gasteiger charge is -2.19. The highest BCUT2D eigenvalue weighted by Crippen LogP contribution is 2.71. The molecule has 2 aromatic carbocycles. The molecule has 0 heterocycles. The highest BCUT2D eigenvalue weighted by molar-refractivity contribution is 6.30. The number of allylic oxidation sites excluding steroid dienone is 2. The first-order valence-corrected chi connectivity index (χ1v) is 9.62. The summed E-state index contributed by atoms with van der Waals surface area (Å²) in [4.78, 5) is 12.3. The van der Waals surface area contributed by atoms with E-state index in [1.807, 2.05) is 55.5 Å². The van der Waals surface area contributed by atoms with Crippen molar-refractivity contribution in [2.24, 2.45) is 16.7 Å². The van der Waals surface area contributed by atoms with Crippen LogP contribution in [0.2, 0.25) is 0 Å². The number of hydrogen-bond acceptors (Lipinski definition) is 1. The van der Waals surface area contributed by atoms with Crippen molar-refractivity contribution in [2.75, 3.05) is 0 Å². The Morgan fingerprint density at radius 3 is 2.31 bits per heavy atom. The molecule has 1 N–H and O–H groups in total. The van der Waals surface area contributed by atoms with Gasteiger partial charge in [0.15, 0.2) is 0 Å². The summed E-state index contributed by atoms with van der Waals surface area (Å²) < 4.78 is 38.8. The standard InChI is InChI=1S/C23H22ClF3O2/c1-14-16(10-7-11-17(14)15-8-5-4-6-9-15)13-22(20(28)29)18(21(22,2)3)12-19(24)23(25,26)27/h4-12,18H,13H2,1-3H3,(H,28,29). The molecule has 0 saturated heterocycles. The Morgan fingerprint density at radius 1 is 1.14 bits per heavy atom. The number of halogens is 4. The summed E-state index contributed by atoms with van der Waals surface area (Å²) in [6.45, 7) is 5.27. The van der Waals surface area contributed by atoms with Gasteiger partial charge < -0.3 is 5.11 Å². The molecule has 1 aliphatic rings. The molecule has 1 fully saturated rings. The second-order valence-electron chi connectivity index (χ2n) is 8.12. The fraction of sp³-hybridized carbons (Fsp3) is 0.348. The summed E-state index contributed by atoms with van der Waals surface area (Å²) in [6.07, 6.45) is -3.69. The van der Waals surface area contributed by atoms with Crippen molar-refractivity contribution >= 4 is 17.6 Å². The van der Waals surface area contributed by atoms with Crippen LogP contribution in [0.4, 0.5) is 13.2 Å². The van der Waals surface area contributed by atoms with Crippen LogP contribution in [-0.4, -0.2) is 17.3 Å². The Bertz CT molecular complexity index is 964. The van der Waals surface area contributed by atoms with Crippen LogP contribution < -0.4 is 0 Å². The molecule has 0 radical (unpaired) electrons. The highest BCUT2D eigenvalue weighted by atomic mass is 35.5. The van der Waals surface area contributed by atoms with E-state index in [9.17, 15) is 23.1 Å². The third-order valence-electron chi connectivity index (χ3n) is 6.34. The van der Waals surface area contributed by atoms with E-state index in [4.69, 9.17) is 11.6 Å². The van der Waals surface area contributed by atoms with Gasteiger partial charge in [0.1, 0.15) is 5.03 Å². The monoisotopic (exact) mass is 422 g/mol. The van der Waals surface area contributed by atoms with Crippen LogP contribution in [0.5, 0.6) is 0 Å². The van der Waals surface area contributed by atoms with E-state index >= 15 is 0 Å². The van der Waals surface area contributed by atoms with Crippen LogP contribution in [0.15, 0.2) is 59.6 Å². The molecule has 2 nitrogen and oxygen atoms in total. The van der Waals surface area contributed by atoms with Gasteiger partial charge >= 0.3 is 12.1 Å². The number of carboxylic acid groups (broad SMARTS) is 1. The molecule has 154 valence electrons. The van der Waals surface area contributed by atoms with E-state index in [0.29, 0.717) is 0 Å². The van der Waals surface area contributed by atoms with Gasteiger partial charge in [-0.25, -0.2) is 0 Å². The van der Waals surface area contributed by atoms with Crippen molar-refractivity contribution in [3.8, 4) is 11.1 Å². The largest absolute Gasteiger partial charge is 0.481 e. The summed E-state index contributed by atoms with van der Waals surface area (Å²) in [5.41, 5.74) is 1.50. The van der Waals surface area contributed by atoms with Crippen molar-refractivity contribution < 1.29 is 23.1 Å². The zero-order valence-corrected chi connectivity index (χ0v) is 17.1. The van der Waals surface area contributed by atoms with Gasteiger partial charge in [0.05, 0.1) is 5.41 Å². The van der Waals surface area contributed by atoms with Crippen molar-refractivity contribution in [1.82, 2.24) is 0 Å². The lowest BCUT2D eigenvalue weighted by atomic mass is 9.85. The number of aliphatic carboxylic acids is 1. The van der Waals surface area contributed by atoms with E-state index < -0.39 is 33.9 Å². The molecule has 29 heavy (non-hydrogen) atoms. The van der Waals surface area contributed by atoms with Gasteiger partial charge in [-0.3, -0.25) is 4.79 Å². The molecule has 2 unspecified atom stereocenters. The Balaban J connectivity index is 2.02. The second-order valence-corrected chi connectivity index (χ2v) is 8.53. The SMILES string of the molecule is Cc1c(CC2(C(=O)O)C(C=C(Cl)C(F)(F)F)C2(C)C)cccc1-c1ccccc1. The Hall–Kier alpha value is -2.27. The molecule has 0 aromatic heterocycles. The molecule has 0 bridgehead atoms. The molecule has 0 spiro atoms. The maximum Gasteiger partial charge on any atom is 0.426 e. The minimum absolute atomic E-state index is 0.130. The maximum absolute atomic E-state index is 12.9. The fourth-order valence-electron chi connectivity index (χ4n) is 4.41. The van der Waals surface area contributed by atoms with Gasteiger partial charge in [-0.2, -0.15) is 13.2 Å². The van der Waals surface area contributed by atoms with Gasteiger partial charge in [0.2, 0.25) is 0 Å². The zero-order chi connectivity index (χ0) is 21.6. The number of carbonyl (C=O) groups is 1. The minimum Gasteiger partial charge on any atom is -0.481 e. The predicted octanol–water partition coefficient (Wildman–Crippen LogP) is 6.62. The van der Waals surface area contributed by atoms with E-state index in [1.165, 1.54) is 0 Å². The van der Waals surface area contributed by atoms with E-state index in [-0.39, 0.29) is 6.42 Å². The molecule has 3 rings (SSSR count). The molecular weight excluding hydrogens is 401 g/mol. The molecule has 0 amide bonds. The smallest absolute Gasteiger partial charge is 0.426 e. The first-order valence-electron chi connectivity index (χ1n) is 9.24.